The van der Waals surface area contributed by atoms with Crippen LogP contribution in [0.25, 0.3) is 16.9 Å². The summed E-state index contributed by atoms with van der Waals surface area (Å²) in [4.78, 5) is 9.24. The summed E-state index contributed by atoms with van der Waals surface area (Å²) in [5, 5.41) is 11.1. The Hall–Kier alpha value is -4.26. The minimum atomic E-state index is -0.593. The zero-order chi connectivity index (χ0) is 22.9. The molecule has 7 heteroatoms. The maximum absolute atomic E-state index is 14.9. The average Bonchev–Trinajstić information content (AvgIpc) is 3.15. The molecule has 5 nitrogen and oxygen atoms in total. The SMILES string of the molecule is Nc1cccc(-c2cnc(Cc3ccccc3)c3nc(Cc4ccc(F)cc4)c(O)n23)c1F. The van der Waals surface area contributed by atoms with Crippen molar-refractivity contribution in [2.24, 2.45) is 0 Å². The molecule has 0 bridgehead atoms. The summed E-state index contributed by atoms with van der Waals surface area (Å²) < 4.78 is 29.7. The van der Waals surface area contributed by atoms with Crippen molar-refractivity contribution in [2.75, 3.05) is 5.73 Å². The lowest BCUT2D eigenvalue weighted by atomic mass is 10.1. The highest BCUT2D eigenvalue weighted by atomic mass is 19.1. The lowest BCUT2D eigenvalue weighted by Gasteiger charge is -2.11. The molecule has 0 saturated heterocycles. The fraction of sp³-hybridized carbons (Fsp3) is 0.0769. The number of hydrogen-bond acceptors (Lipinski definition) is 4. The second kappa shape index (κ2) is 8.35. The van der Waals surface area contributed by atoms with Crippen molar-refractivity contribution < 1.29 is 13.9 Å². The number of benzene rings is 3. The van der Waals surface area contributed by atoms with Gasteiger partial charge in [-0.15, -0.1) is 0 Å². The maximum atomic E-state index is 14.9. The standard InChI is InChI=1S/C26H20F2N4O/c27-18-11-9-17(10-12-18)14-22-26(33)32-23(19-7-4-8-20(29)24(19)28)15-30-21(25(32)31-22)13-16-5-2-1-3-6-16/h1-12,15,33H,13-14,29H2. The van der Waals surface area contributed by atoms with Crippen molar-refractivity contribution in [3.8, 4) is 17.1 Å². The molecule has 0 aliphatic heterocycles. The van der Waals surface area contributed by atoms with Crippen LogP contribution in [0.15, 0.2) is 79.0 Å². The molecule has 0 aliphatic rings. The average molecular weight is 442 g/mol. The van der Waals surface area contributed by atoms with Crippen LogP contribution in [-0.4, -0.2) is 19.5 Å². The molecule has 5 rings (SSSR count). The van der Waals surface area contributed by atoms with Gasteiger partial charge in [-0.1, -0.05) is 48.5 Å². The number of halogens is 2. The first-order valence-electron chi connectivity index (χ1n) is 10.4. The largest absolute Gasteiger partial charge is 0.493 e. The van der Waals surface area contributed by atoms with Gasteiger partial charge in [0.05, 0.1) is 23.3 Å². The van der Waals surface area contributed by atoms with E-state index in [1.807, 2.05) is 30.3 Å². The summed E-state index contributed by atoms with van der Waals surface area (Å²) in [5.41, 5.74) is 9.57. The third-order valence-electron chi connectivity index (χ3n) is 5.57. The molecule has 0 unspecified atom stereocenters. The fourth-order valence-corrected chi connectivity index (χ4v) is 3.90. The number of fused-ring (bicyclic) bond motifs is 1. The van der Waals surface area contributed by atoms with Gasteiger partial charge in [0, 0.05) is 18.4 Å². The highest BCUT2D eigenvalue weighted by Gasteiger charge is 2.21. The van der Waals surface area contributed by atoms with E-state index in [9.17, 15) is 13.9 Å². The van der Waals surface area contributed by atoms with Crippen molar-refractivity contribution in [1.82, 2.24) is 14.4 Å². The summed E-state index contributed by atoms with van der Waals surface area (Å²) in [6, 6.07) is 20.5. The van der Waals surface area contributed by atoms with E-state index in [-0.39, 0.29) is 29.4 Å². The molecule has 0 spiro atoms. The van der Waals surface area contributed by atoms with E-state index in [0.29, 0.717) is 29.1 Å². The van der Waals surface area contributed by atoms with Gasteiger partial charge >= 0.3 is 0 Å². The van der Waals surface area contributed by atoms with Gasteiger partial charge in [0.1, 0.15) is 11.5 Å². The minimum Gasteiger partial charge on any atom is -0.493 e. The third-order valence-corrected chi connectivity index (χ3v) is 5.57. The normalized spacial score (nSPS) is 11.2. The van der Waals surface area contributed by atoms with Crippen LogP contribution in [0.2, 0.25) is 0 Å². The Kier molecular flexibility index (Phi) is 5.22. The van der Waals surface area contributed by atoms with Crippen molar-refractivity contribution in [3.63, 3.8) is 0 Å². The number of nitrogens with zero attached hydrogens (tertiary/aromatic N) is 3. The Bertz CT molecular complexity index is 1450. The number of aromatic nitrogens is 3. The predicted molar refractivity (Wildman–Crippen MR) is 123 cm³/mol. The fourth-order valence-electron chi connectivity index (χ4n) is 3.90. The van der Waals surface area contributed by atoms with Crippen molar-refractivity contribution in [2.45, 2.75) is 12.8 Å². The summed E-state index contributed by atoms with van der Waals surface area (Å²) >= 11 is 0. The minimum absolute atomic E-state index is 0.000142. The molecule has 0 amide bonds. The van der Waals surface area contributed by atoms with E-state index in [2.05, 4.69) is 9.97 Å². The lowest BCUT2D eigenvalue weighted by molar-refractivity contribution is 0.443. The number of rotatable bonds is 5. The van der Waals surface area contributed by atoms with Crippen LogP contribution < -0.4 is 5.73 Å². The van der Waals surface area contributed by atoms with Crippen LogP contribution >= 0.6 is 0 Å². The molecular formula is C26H20F2N4O. The Morgan fingerprint density at radius 2 is 1.52 bits per heavy atom. The molecule has 5 aromatic rings. The second-order valence-electron chi connectivity index (χ2n) is 7.81. The van der Waals surface area contributed by atoms with Crippen LogP contribution in [0, 0.1) is 11.6 Å². The van der Waals surface area contributed by atoms with E-state index in [1.165, 1.54) is 28.8 Å². The number of hydrogen-bond donors (Lipinski definition) is 2. The molecule has 0 fully saturated rings. The molecule has 0 saturated carbocycles. The molecule has 2 aromatic heterocycles. The number of nitrogens with two attached hydrogens (primary N) is 1. The monoisotopic (exact) mass is 442 g/mol. The van der Waals surface area contributed by atoms with Crippen molar-refractivity contribution in [3.05, 3.63) is 113 Å². The summed E-state index contributed by atoms with van der Waals surface area (Å²) in [7, 11) is 0. The van der Waals surface area contributed by atoms with Crippen LogP contribution in [0.1, 0.15) is 22.5 Å². The Morgan fingerprint density at radius 1 is 0.818 bits per heavy atom. The lowest BCUT2D eigenvalue weighted by Crippen LogP contribution is -2.03. The zero-order valence-corrected chi connectivity index (χ0v) is 17.5. The van der Waals surface area contributed by atoms with E-state index in [1.54, 1.807) is 24.3 Å². The van der Waals surface area contributed by atoms with Crippen LogP contribution in [-0.2, 0) is 12.8 Å². The highest BCUT2D eigenvalue weighted by molar-refractivity contribution is 5.70. The van der Waals surface area contributed by atoms with E-state index in [4.69, 9.17) is 5.73 Å². The Labute approximate surface area is 188 Å². The van der Waals surface area contributed by atoms with Crippen molar-refractivity contribution >= 4 is 11.3 Å². The quantitative estimate of drug-likeness (QED) is 0.370. The van der Waals surface area contributed by atoms with Gasteiger partial charge in [-0.2, -0.15) is 0 Å². The predicted octanol–water partition coefficient (Wildman–Crippen LogP) is 5.14. The topological polar surface area (TPSA) is 76.4 Å². The number of anilines is 1. The molecular weight excluding hydrogens is 422 g/mol. The number of imidazole rings is 1. The van der Waals surface area contributed by atoms with Crippen molar-refractivity contribution in [1.29, 1.82) is 0 Å². The highest BCUT2D eigenvalue weighted by Crippen LogP contribution is 2.33. The van der Waals surface area contributed by atoms with Gasteiger partial charge in [0.15, 0.2) is 11.5 Å². The smallest absolute Gasteiger partial charge is 0.220 e. The Morgan fingerprint density at radius 3 is 2.27 bits per heavy atom. The molecule has 0 radical (unpaired) electrons. The van der Waals surface area contributed by atoms with Crippen LogP contribution in [0.4, 0.5) is 14.5 Å². The van der Waals surface area contributed by atoms with Gasteiger partial charge in [-0.25, -0.2) is 13.8 Å². The van der Waals surface area contributed by atoms with Gasteiger partial charge in [0.25, 0.3) is 0 Å². The van der Waals surface area contributed by atoms with E-state index < -0.39 is 5.82 Å². The molecule has 3 aromatic carbocycles. The number of nitrogen functional groups attached to an aromatic ring is 1. The molecule has 164 valence electrons. The Balaban J connectivity index is 1.69. The van der Waals surface area contributed by atoms with E-state index in [0.717, 1.165) is 11.1 Å². The number of aromatic hydroxyl groups is 1. The molecule has 0 aliphatic carbocycles. The molecule has 33 heavy (non-hydrogen) atoms. The summed E-state index contributed by atoms with van der Waals surface area (Å²) in [5.74, 6) is -1.06. The zero-order valence-electron chi connectivity index (χ0n) is 17.5. The summed E-state index contributed by atoms with van der Waals surface area (Å²) in [6.07, 6.45) is 2.28. The molecule has 3 N–H and O–H groups in total. The van der Waals surface area contributed by atoms with Crippen LogP contribution in [0.5, 0.6) is 5.88 Å². The molecule has 0 atom stereocenters. The van der Waals surface area contributed by atoms with Gasteiger partial charge < -0.3 is 10.8 Å². The maximum Gasteiger partial charge on any atom is 0.220 e. The first-order valence-corrected chi connectivity index (χ1v) is 10.4. The van der Waals surface area contributed by atoms with Crippen LogP contribution in [0.3, 0.4) is 0 Å². The van der Waals surface area contributed by atoms with E-state index >= 15 is 0 Å². The van der Waals surface area contributed by atoms with Gasteiger partial charge in [-0.05, 0) is 35.4 Å². The molecule has 2 heterocycles. The summed E-state index contributed by atoms with van der Waals surface area (Å²) in [6.45, 7) is 0. The van der Waals surface area contributed by atoms with Gasteiger partial charge in [0.2, 0.25) is 5.88 Å². The van der Waals surface area contributed by atoms with Gasteiger partial charge in [-0.3, -0.25) is 9.38 Å². The second-order valence-corrected chi connectivity index (χ2v) is 7.81. The first-order chi connectivity index (χ1) is 16.0. The first kappa shape index (κ1) is 20.6. The third kappa shape index (κ3) is 3.89.